The zero-order chi connectivity index (χ0) is 8.55. The van der Waals surface area contributed by atoms with Gasteiger partial charge in [0.05, 0.1) is 13.2 Å². The molecule has 0 aromatic carbocycles. The van der Waals surface area contributed by atoms with Crippen LogP contribution in [0.4, 0.5) is 0 Å². The highest BCUT2D eigenvalue weighted by Gasteiger charge is 2.43. The molecule has 2 aliphatic rings. The summed E-state index contributed by atoms with van der Waals surface area (Å²) in [4.78, 5) is 0. The summed E-state index contributed by atoms with van der Waals surface area (Å²) in [6.07, 6.45) is 2.61. The molecule has 4 atom stereocenters. The van der Waals surface area contributed by atoms with Crippen LogP contribution in [0.3, 0.4) is 0 Å². The van der Waals surface area contributed by atoms with Crippen LogP contribution >= 0.6 is 0 Å². The summed E-state index contributed by atoms with van der Waals surface area (Å²) in [5.74, 6) is 2.24. The summed E-state index contributed by atoms with van der Waals surface area (Å²) < 4.78 is 11.1. The van der Waals surface area contributed by atoms with Gasteiger partial charge in [-0.25, -0.2) is 0 Å². The van der Waals surface area contributed by atoms with Crippen molar-refractivity contribution in [1.82, 2.24) is 0 Å². The van der Waals surface area contributed by atoms with Gasteiger partial charge in [-0.1, -0.05) is 20.3 Å². The van der Waals surface area contributed by atoms with E-state index in [1.54, 1.807) is 0 Å². The number of ether oxygens (including phenoxy) is 2. The average molecular weight is 170 g/mol. The van der Waals surface area contributed by atoms with Crippen LogP contribution in [0.5, 0.6) is 0 Å². The maximum absolute atomic E-state index is 5.59. The highest BCUT2D eigenvalue weighted by molar-refractivity contribution is 4.85. The minimum absolute atomic E-state index is 0.143. The van der Waals surface area contributed by atoms with Crippen molar-refractivity contribution in [2.75, 3.05) is 13.2 Å². The molecular weight excluding hydrogens is 152 g/mol. The molecule has 0 aliphatic carbocycles. The van der Waals surface area contributed by atoms with Crippen molar-refractivity contribution in [2.45, 2.75) is 33.0 Å². The monoisotopic (exact) mass is 170 g/mol. The minimum atomic E-state index is 0.143. The first-order chi connectivity index (χ1) is 5.83. The van der Waals surface area contributed by atoms with Crippen LogP contribution in [-0.2, 0) is 9.47 Å². The quantitative estimate of drug-likeness (QED) is 0.631. The molecule has 0 aromatic rings. The summed E-state index contributed by atoms with van der Waals surface area (Å²) >= 11 is 0. The average Bonchev–Trinajstić information content (AvgIpc) is 2.62. The largest absolute Gasteiger partial charge is 0.352 e. The molecule has 70 valence electrons. The van der Waals surface area contributed by atoms with Gasteiger partial charge in [0.25, 0.3) is 0 Å². The molecule has 2 fully saturated rings. The molecule has 2 heteroatoms. The minimum Gasteiger partial charge on any atom is -0.352 e. The molecule has 0 aromatic heterocycles. The molecule has 0 saturated carbocycles. The third-order valence-electron chi connectivity index (χ3n) is 3.46. The fraction of sp³-hybridized carbons (Fsp3) is 1.00. The predicted molar refractivity (Wildman–Crippen MR) is 46.7 cm³/mol. The van der Waals surface area contributed by atoms with E-state index in [-0.39, 0.29) is 6.29 Å². The Morgan fingerprint density at radius 2 is 2.25 bits per heavy atom. The Hall–Kier alpha value is -0.0800. The zero-order valence-electron chi connectivity index (χ0n) is 7.95. The van der Waals surface area contributed by atoms with Gasteiger partial charge >= 0.3 is 0 Å². The van der Waals surface area contributed by atoms with E-state index in [1.807, 2.05) is 0 Å². The summed E-state index contributed by atoms with van der Waals surface area (Å²) in [6.45, 7) is 6.41. The second-order valence-corrected chi connectivity index (χ2v) is 4.07. The number of hydrogen-bond acceptors (Lipinski definition) is 2. The van der Waals surface area contributed by atoms with E-state index in [9.17, 15) is 0 Å². The number of rotatable bonds is 2. The highest BCUT2D eigenvalue weighted by atomic mass is 16.7. The van der Waals surface area contributed by atoms with Gasteiger partial charge in [-0.2, -0.15) is 0 Å². The van der Waals surface area contributed by atoms with Gasteiger partial charge in [-0.3, -0.25) is 0 Å². The number of fused-ring (bicyclic) bond motifs is 1. The first kappa shape index (κ1) is 8.52. The van der Waals surface area contributed by atoms with Crippen molar-refractivity contribution in [3.05, 3.63) is 0 Å². The summed E-state index contributed by atoms with van der Waals surface area (Å²) in [5, 5.41) is 0. The summed E-state index contributed by atoms with van der Waals surface area (Å²) in [6, 6.07) is 0. The second kappa shape index (κ2) is 3.35. The predicted octanol–water partition coefficient (Wildman–Crippen LogP) is 2.04. The first-order valence-electron chi connectivity index (χ1n) is 5.06. The van der Waals surface area contributed by atoms with E-state index in [0.717, 1.165) is 25.0 Å². The van der Waals surface area contributed by atoms with Crippen LogP contribution in [0.1, 0.15) is 26.7 Å². The third-order valence-corrected chi connectivity index (χ3v) is 3.46. The van der Waals surface area contributed by atoms with Crippen LogP contribution in [0, 0.1) is 17.8 Å². The van der Waals surface area contributed by atoms with Gasteiger partial charge in [0.15, 0.2) is 6.29 Å². The molecule has 2 saturated heterocycles. The zero-order valence-corrected chi connectivity index (χ0v) is 7.95. The topological polar surface area (TPSA) is 18.5 Å². The fourth-order valence-corrected chi connectivity index (χ4v) is 2.39. The molecular formula is C10H18O2. The maximum atomic E-state index is 5.59. The molecule has 2 aliphatic heterocycles. The third kappa shape index (κ3) is 1.27. The van der Waals surface area contributed by atoms with Gasteiger partial charge < -0.3 is 9.47 Å². The van der Waals surface area contributed by atoms with E-state index in [4.69, 9.17) is 9.47 Å². The summed E-state index contributed by atoms with van der Waals surface area (Å²) in [5.41, 5.74) is 0. The standard InChI is InChI=1S/C10H18O2/c1-3-7(2)9-6-12-10-8(9)4-5-11-10/h7-10H,3-6H2,1-2H3. The van der Waals surface area contributed by atoms with Crippen molar-refractivity contribution in [3.63, 3.8) is 0 Å². The molecule has 0 bridgehead atoms. The van der Waals surface area contributed by atoms with E-state index < -0.39 is 0 Å². The fourth-order valence-electron chi connectivity index (χ4n) is 2.39. The highest BCUT2D eigenvalue weighted by Crippen LogP contribution is 2.40. The Morgan fingerprint density at radius 3 is 3.00 bits per heavy atom. The first-order valence-corrected chi connectivity index (χ1v) is 5.06. The lowest BCUT2D eigenvalue weighted by Gasteiger charge is -2.20. The molecule has 2 nitrogen and oxygen atoms in total. The van der Waals surface area contributed by atoms with Crippen LogP contribution in [-0.4, -0.2) is 19.5 Å². The van der Waals surface area contributed by atoms with Crippen LogP contribution in [0.15, 0.2) is 0 Å². The Balaban J connectivity index is 1.99. The second-order valence-electron chi connectivity index (χ2n) is 4.07. The van der Waals surface area contributed by atoms with Crippen LogP contribution < -0.4 is 0 Å². The lowest BCUT2D eigenvalue weighted by molar-refractivity contribution is -0.0906. The molecule has 0 amide bonds. The van der Waals surface area contributed by atoms with Crippen molar-refractivity contribution in [3.8, 4) is 0 Å². The van der Waals surface area contributed by atoms with Crippen molar-refractivity contribution in [2.24, 2.45) is 17.8 Å². The van der Waals surface area contributed by atoms with Gasteiger partial charge in [-0.15, -0.1) is 0 Å². The molecule has 4 unspecified atom stereocenters. The van der Waals surface area contributed by atoms with Crippen LogP contribution in [0.2, 0.25) is 0 Å². The molecule has 0 radical (unpaired) electrons. The van der Waals surface area contributed by atoms with Crippen molar-refractivity contribution >= 4 is 0 Å². The Labute approximate surface area is 74.2 Å². The smallest absolute Gasteiger partial charge is 0.160 e. The Kier molecular flexibility index (Phi) is 2.37. The number of hydrogen-bond donors (Lipinski definition) is 0. The van der Waals surface area contributed by atoms with Gasteiger partial charge in [0.1, 0.15) is 0 Å². The normalized spacial score (nSPS) is 43.0. The Morgan fingerprint density at radius 1 is 1.42 bits per heavy atom. The molecule has 12 heavy (non-hydrogen) atoms. The summed E-state index contributed by atoms with van der Waals surface area (Å²) in [7, 11) is 0. The van der Waals surface area contributed by atoms with E-state index in [2.05, 4.69) is 13.8 Å². The van der Waals surface area contributed by atoms with Gasteiger partial charge in [-0.05, 0) is 18.3 Å². The van der Waals surface area contributed by atoms with Crippen molar-refractivity contribution < 1.29 is 9.47 Å². The van der Waals surface area contributed by atoms with Gasteiger partial charge in [0, 0.05) is 5.92 Å². The van der Waals surface area contributed by atoms with E-state index in [1.165, 1.54) is 12.8 Å². The van der Waals surface area contributed by atoms with Crippen molar-refractivity contribution in [1.29, 1.82) is 0 Å². The van der Waals surface area contributed by atoms with Crippen LogP contribution in [0.25, 0.3) is 0 Å². The Bertz CT molecular complexity index is 158. The van der Waals surface area contributed by atoms with E-state index >= 15 is 0 Å². The van der Waals surface area contributed by atoms with Gasteiger partial charge in [0.2, 0.25) is 0 Å². The lowest BCUT2D eigenvalue weighted by Crippen LogP contribution is -2.20. The molecule has 2 rings (SSSR count). The molecule has 0 N–H and O–H groups in total. The molecule has 0 spiro atoms. The molecule has 2 heterocycles. The lowest BCUT2D eigenvalue weighted by atomic mass is 9.82. The maximum Gasteiger partial charge on any atom is 0.160 e. The SMILES string of the molecule is CCC(C)C1COC2OCCC21. The van der Waals surface area contributed by atoms with E-state index in [0.29, 0.717) is 5.92 Å².